The third-order valence-corrected chi connectivity index (χ3v) is 9.25. The van der Waals surface area contributed by atoms with E-state index in [1.807, 2.05) is 12.1 Å². The van der Waals surface area contributed by atoms with Crippen molar-refractivity contribution in [3.8, 4) is 22.3 Å². The zero-order valence-electron chi connectivity index (χ0n) is 23.7. The lowest BCUT2D eigenvalue weighted by Crippen LogP contribution is -1.90. The summed E-state index contributed by atoms with van der Waals surface area (Å²) in [7, 11) is 0. The van der Waals surface area contributed by atoms with Gasteiger partial charge in [-0.25, -0.2) is 0 Å². The average Bonchev–Trinajstić information content (AvgIpc) is 3.65. The Morgan fingerprint density at radius 2 is 0.773 bits per heavy atom. The fraction of sp³-hybridized carbons (Fsp3) is 0. The molecule has 0 atom stereocenters. The summed E-state index contributed by atoms with van der Waals surface area (Å²) in [5.41, 5.74) is 8.54. The maximum Gasteiger partial charge on any atom is 0.143 e. The molecule has 0 aliphatic carbocycles. The number of rotatable bonds is 2. The molecular formula is C42H24O2. The van der Waals surface area contributed by atoms with Gasteiger partial charge in [0.2, 0.25) is 0 Å². The fourth-order valence-electron chi connectivity index (χ4n) is 7.29. The summed E-state index contributed by atoms with van der Waals surface area (Å²) in [5.74, 6) is 0. The number of benzene rings is 8. The molecule has 0 fully saturated rings. The molecule has 10 rings (SSSR count). The summed E-state index contributed by atoms with van der Waals surface area (Å²) in [6, 6.07) is 52.0. The molecule has 2 aromatic heterocycles. The molecule has 0 aliphatic rings. The molecule has 8 aromatic carbocycles. The molecule has 0 radical (unpaired) electrons. The van der Waals surface area contributed by atoms with E-state index in [0.717, 1.165) is 49.3 Å². The molecule has 10 aromatic rings. The Labute approximate surface area is 252 Å². The van der Waals surface area contributed by atoms with Gasteiger partial charge in [-0.2, -0.15) is 0 Å². The molecule has 0 spiro atoms. The van der Waals surface area contributed by atoms with Crippen LogP contribution in [-0.2, 0) is 0 Å². The Balaban J connectivity index is 1.27. The second kappa shape index (κ2) is 8.82. The first-order valence-electron chi connectivity index (χ1n) is 15.0. The highest BCUT2D eigenvalue weighted by Crippen LogP contribution is 2.46. The van der Waals surface area contributed by atoms with Gasteiger partial charge in [-0.3, -0.25) is 0 Å². The number of hydrogen-bond donors (Lipinski definition) is 0. The van der Waals surface area contributed by atoms with Gasteiger partial charge in [0.25, 0.3) is 0 Å². The Kier molecular flexibility index (Phi) is 4.75. The van der Waals surface area contributed by atoms with E-state index in [1.54, 1.807) is 0 Å². The Morgan fingerprint density at radius 3 is 1.41 bits per heavy atom. The van der Waals surface area contributed by atoms with Crippen LogP contribution in [0.4, 0.5) is 0 Å². The average molecular weight is 561 g/mol. The molecule has 2 heteroatoms. The quantitative estimate of drug-likeness (QED) is 0.197. The minimum Gasteiger partial charge on any atom is -0.456 e. The second-order valence-electron chi connectivity index (χ2n) is 11.6. The van der Waals surface area contributed by atoms with Crippen LogP contribution in [0.3, 0.4) is 0 Å². The van der Waals surface area contributed by atoms with E-state index in [2.05, 4.69) is 133 Å². The van der Waals surface area contributed by atoms with Crippen molar-refractivity contribution in [1.29, 1.82) is 0 Å². The largest absolute Gasteiger partial charge is 0.456 e. The van der Waals surface area contributed by atoms with Gasteiger partial charge in [-0.1, -0.05) is 109 Å². The SMILES string of the molecule is c1ccc2c(c1)ccc1c3cc(-c4c5ccccc5c(-c5ccc6oc7ccccc7c6c5)c5ccccc45)ccc3oc21. The first-order valence-corrected chi connectivity index (χ1v) is 15.0. The highest BCUT2D eigenvalue weighted by molar-refractivity contribution is 6.23. The van der Waals surface area contributed by atoms with Crippen molar-refractivity contribution in [2.45, 2.75) is 0 Å². The van der Waals surface area contributed by atoms with Gasteiger partial charge >= 0.3 is 0 Å². The number of para-hydroxylation sites is 1. The van der Waals surface area contributed by atoms with Crippen LogP contribution < -0.4 is 0 Å². The van der Waals surface area contributed by atoms with Crippen molar-refractivity contribution in [1.82, 2.24) is 0 Å². The summed E-state index contributed by atoms with van der Waals surface area (Å²) in [6.45, 7) is 0. The van der Waals surface area contributed by atoms with Crippen LogP contribution in [0.25, 0.3) is 98.4 Å². The van der Waals surface area contributed by atoms with E-state index in [4.69, 9.17) is 8.83 Å². The topological polar surface area (TPSA) is 26.3 Å². The van der Waals surface area contributed by atoms with E-state index in [9.17, 15) is 0 Å². The first-order chi connectivity index (χ1) is 21.8. The van der Waals surface area contributed by atoms with Gasteiger partial charge in [-0.05, 0) is 85.6 Å². The van der Waals surface area contributed by atoms with Crippen molar-refractivity contribution in [2.75, 3.05) is 0 Å². The molecule has 0 bridgehead atoms. The third-order valence-electron chi connectivity index (χ3n) is 9.25. The first kappa shape index (κ1) is 23.7. The normalized spacial score (nSPS) is 12.1. The van der Waals surface area contributed by atoms with Gasteiger partial charge < -0.3 is 8.83 Å². The zero-order chi connectivity index (χ0) is 28.8. The summed E-state index contributed by atoms with van der Waals surface area (Å²) in [6.07, 6.45) is 0. The predicted molar refractivity (Wildman–Crippen MR) is 184 cm³/mol. The molecule has 204 valence electrons. The van der Waals surface area contributed by atoms with Crippen molar-refractivity contribution < 1.29 is 8.83 Å². The van der Waals surface area contributed by atoms with E-state index >= 15 is 0 Å². The zero-order valence-corrected chi connectivity index (χ0v) is 23.7. The summed E-state index contributed by atoms with van der Waals surface area (Å²) in [5, 5.41) is 11.8. The van der Waals surface area contributed by atoms with Crippen LogP contribution in [0, 0.1) is 0 Å². The highest BCUT2D eigenvalue weighted by Gasteiger charge is 2.19. The number of hydrogen-bond acceptors (Lipinski definition) is 2. The molecule has 0 saturated carbocycles. The molecule has 0 amide bonds. The smallest absolute Gasteiger partial charge is 0.143 e. The van der Waals surface area contributed by atoms with Gasteiger partial charge in [0.15, 0.2) is 0 Å². The monoisotopic (exact) mass is 560 g/mol. The van der Waals surface area contributed by atoms with Crippen molar-refractivity contribution >= 4 is 76.2 Å². The van der Waals surface area contributed by atoms with E-state index in [1.165, 1.54) is 49.2 Å². The van der Waals surface area contributed by atoms with Crippen LogP contribution in [0.1, 0.15) is 0 Å². The number of fused-ring (bicyclic) bond motifs is 10. The van der Waals surface area contributed by atoms with Gasteiger partial charge in [-0.15, -0.1) is 0 Å². The van der Waals surface area contributed by atoms with Gasteiger partial charge in [0, 0.05) is 26.9 Å². The summed E-state index contributed by atoms with van der Waals surface area (Å²) >= 11 is 0. The van der Waals surface area contributed by atoms with E-state index in [0.29, 0.717) is 0 Å². The minimum absolute atomic E-state index is 0.908. The summed E-state index contributed by atoms with van der Waals surface area (Å²) in [4.78, 5) is 0. The van der Waals surface area contributed by atoms with Crippen molar-refractivity contribution in [3.05, 3.63) is 146 Å². The van der Waals surface area contributed by atoms with Gasteiger partial charge in [0.1, 0.15) is 22.3 Å². The number of furan rings is 2. The van der Waals surface area contributed by atoms with Crippen LogP contribution in [0.2, 0.25) is 0 Å². The molecule has 44 heavy (non-hydrogen) atoms. The van der Waals surface area contributed by atoms with Crippen LogP contribution in [0.5, 0.6) is 0 Å². The fourth-order valence-corrected chi connectivity index (χ4v) is 7.29. The lowest BCUT2D eigenvalue weighted by atomic mass is 9.85. The van der Waals surface area contributed by atoms with E-state index in [-0.39, 0.29) is 0 Å². The van der Waals surface area contributed by atoms with Crippen LogP contribution in [-0.4, -0.2) is 0 Å². The maximum absolute atomic E-state index is 6.46. The Bertz CT molecular complexity index is 2720. The molecule has 2 nitrogen and oxygen atoms in total. The van der Waals surface area contributed by atoms with E-state index < -0.39 is 0 Å². The molecule has 0 saturated heterocycles. The Morgan fingerprint density at radius 1 is 0.295 bits per heavy atom. The van der Waals surface area contributed by atoms with Crippen LogP contribution in [0.15, 0.2) is 154 Å². The van der Waals surface area contributed by atoms with Gasteiger partial charge in [0.05, 0.1) is 0 Å². The molecule has 2 heterocycles. The molecule has 0 N–H and O–H groups in total. The third kappa shape index (κ3) is 3.25. The van der Waals surface area contributed by atoms with Crippen molar-refractivity contribution in [3.63, 3.8) is 0 Å². The second-order valence-corrected chi connectivity index (χ2v) is 11.6. The molecule has 0 unspecified atom stereocenters. The van der Waals surface area contributed by atoms with Crippen LogP contribution >= 0.6 is 0 Å². The lowest BCUT2D eigenvalue weighted by molar-refractivity contribution is 0.669. The molecule has 0 aliphatic heterocycles. The Hall–Kier alpha value is -5.86. The standard InChI is InChI=1S/C42H24O2/c1-2-10-28-25(9-1)17-20-34-36-24-27(19-22-39(36)44-42(28)34)41-32-14-5-3-12-30(32)40(31-13-4-6-15-33(31)41)26-18-21-38-35(23-26)29-11-7-8-16-37(29)43-38/h1-24H. The van der Waals surface area contributed by atoms with Crippen molar-refractivity contribution in [2.24, 2.45) is 0 Å². The molecular weight excluding hydrogens is 536 g/mol. The summed E-state index contributed by atoms with van der Waals surface area (Å²) < 4.78 is 12.6. The minimum atomic E-state index is 0.908. The maximum atomic E-state index is 6.46. The lowest BCUT2D eigenvalue weighted by Gasteiger charge is -2.17. The highest BCUT2D eigenvalue weighted by atomic mass is 16.3. The predicted octanol–water partition coefficient (Wildman–Crippen LogP) is 12.3.